The molecule has 0 fully saturated rings. The molecule has 116 valence electrons. The first-order valence-electron chi connectivity index (χ1n) is 6.24. The standard InChI is InChI=1S/C15H11Cl3FNO2/c1-8(22-12-2-3-14(19)13(18)7-12)15(21)20-11-5-9(16)4-10(17)6-11/h2-8H,1H3,(H,20,21)/t8-/m1/s1. The Morgan fingerprint density at radius 2 is 1.77 bits per heavy atom. The molecule has 2 aromatic carbocycles. The zero-order valence-electron chi connectivity index (χ0n) is 11.4. The van der Waals surface area contributed by atoms with Crippen molar-refractivity contribution in [3.63, 3.8) is 0 Å². The van der Waals surface area contributed by atoms with Crippen LogP contribution in [0.3, 0.4) is 0 Å². The van der Waals surface area contributed by atoms with Gasteiger partial charge in [-0.1, -0.05) is 34.8 Å². The molecule has 1 atom stereocenters. The summed E-state index contributed by atoms with van der Waals surface area (Å²) >= 11 is 17.4. The largest absolute Gasteiger partial charge is 0.481 e. The molecule has 0 spiro atoms. The van der Waals surface area contributed by atoms with Gasteiger partial charge in [-0.25, -0.2) is 4.39 Å². The molecule has 0 radical (unpaired) electrons. The molecule has 2 rings (SSSR count). The first-order valence-corrected chi connectivity index (χ1v) is 7.37. The van der Waals surface area contributed by atoms with Gasteiger partial charge in [0.05, 0.1) is 5.02 Å². The Kier molecular flexibility index (Phi) is 5.51. The van der Waals surface area contributed by atoms with E-state index in [0.29, 0.717) is 15.7 Å². The zero-order chi connectivity index (χ0) is 16.3. The fourth-order valence-corrected chi connectivity index (χ4v) is 2.37. The van der Waals surface area contributed by atoms with E-state index >= 15 is 0 Å². The molecule has 0 aliphatic rings. The number of anilines is 1. The predicted octanol–water partition coefficient (Wildman–Crippen LogP) is 5.19. The molecule has 0 aliphatic heterocycles. The number of benzene rings is 2. The number of carbonyl (C=O) groups is 1. The number of nitrogens with one attached hydrogen (secondary N) is 1. The average Bonchev–Trinajstić information content (AvgIpc) is 2.41. The first-order chi connectivity index (χ1) is 10.3. The van der Waals surface area contributed by atoms with E-state index < -0.39 is 17.8 Å². The highest BCUT2D eigenvalue weighted by molar-refractivity contribution is 6.35. The summed E-state index contributed by atoms with van der Waals surface area (Å²) in [5, 5.41) is 3.36. The number of hydrogen-bond acceptors (Lipinski definition) is 2. The van der Waals surface area contributed by atoms with E-state index in [4.69, 9.17) is 39.5 Å². The topological polar surface area (TPSA) is 38.3 Å². The third kappa shape index (κ3) is 4.50. The molecule has 7 heteroatoms. The van der Waals surface area contributed by atoms with E-state index in [1.54, 1.807) is 25.1 Å². The molecule has 0 unspecified atom stereocenters. The van der Waals surface area contributed by atoms with Crippen LogP contribution in [-0.4, -0.2) is 12.0 Å². The van der Waals surface area contributed by atoms with Crippen LogP contribution in [0.4, 0.5) is 10.1 Å². The lowest BCUT2D eigenvalue weighted by atomic mass is 10.3. The summed E-state index contributed by atoms with van der Waals surface area (Å²) in [6.45, 7) is 1.55. The van der Waals surface area contributed by atoms with Crippen molar-refractivity contribution >= 4 is 46.4 Å². The van der Waals surface area contributed by atoms with Gasteiger partial charge in [0.2, 0.25) is 0 Å². The molecule has 0 saturated heterocycles. The number of halogens is 4. The van der Waals surface area contributed by atoms with E-state index in [0.717, 1.165) is 0 Å². The minimum absolute atomic E-state index is 0.0771. The van der Waals surface area contributed by atoms with Crippen molar-refractivity contribution < 1.29 is 13.9 Å². The van der Waals surface area contributed by atoms with Crippen LogP contribution in [-0.2, 0) is 4.79 Å². The van der Waals surface area contributed by atoms with Gasteiger partial charge in [0.25, 0.3) is 5.91 Å². The smallest absolute Gasteiger partial charge is 0.265 e. The molecular weight excluding hydrogens is 352 g/mol. The van der Waals surface area contributed by atoms with E-state index in [1.165, 1.54) is 18.2 Å². The number of rotatable bonds is 4. The monoisotopic (exact) mass is 361 g/mol. The summed E-state index contributed by atoms with van der Waals surface area (Å²) in [4.78, 5) is 12.1. The number of hydrogen-bond donors (Lipinski definition) is 1. The second-order valence-electron chi connectivity index (χ2n) is 4.48. The van der Waals surface area contributed by atoms with Gasteiger partial charge in [0.1, 0.15) is 11.6 Å². The number of ether oxygens (including phenoxy) is 1. The highest BCUT2D eigenvalue weighted by Gasteiger charge is 2.16. The molecule has 0 aromatic heterocycles. The SMILES string of the molecule is C[C@@H](Oc1ccc(F)c(Cl)c1)C(=O)Nc1cc(Cl)cc(Cl)c1. The van der Waals surface area contributed by atoms with Crippen molar-refractivity contribution in [1.29, 1.82) is 0 Å². The summed E-state index contributed by atoms with van der Waals surface area (Å²) in [7, 11) is 0. The first kappa shape index (κ1) is 16.9. The average molecular weight is 363 g/mol. The molecule has 22 heavy (non-hydrogen) atoms. The van der Waals surface area contributed by atoms with Crippen LogP contribution in [0.25, 0.3) is 0 Å². The van der Waals surface area contributed by atoms with E-state index in [1.807, 2.05) is 0 Å². The van der Waals surface area contributed by atoms with Gasteiger partial charge in [0, 0.05) is 21.8 Å². The highest BCUT2D eigenvalue weighted by Crippen LogP contribution is 2.24. The lowest BCUT2D eigenvalue weighted by Crippen LogP contribution is -2.30. The summed E-state index contributed by atoms with van der Waals surface area (Å²) in [5.41, 5.74) is 0.454. The maximum absolute atomic E-state index is 13.1. The van der Waals surface area contributed by atoms with Crippen molar-refractivity contribution in [2.45, 2.75) is 13.0 Å². The van der Waals surface area contributed by atoms with Gasteiger partial charge in [-0.05, 0) is 37.3 Å². The van der Waals surface area contributed by atoms with Crippen molar-refractivity contribution in [2.24, 2.45) is 0 Å². The maximum Gasteiger partial charge on any atom is 0.265 e. The summed E-state index contributed by atoms with van der Waals surface area (Å²) in [5.74, 6) is -0.670. The minimum atomic E-state index is -0.820. The van der Waals surface area contributed by atoms with Crippen molar-refractivity contribution in [3.8, 4) is 5.75 Å². The Balaban J connectivity index is 2.04. The maximum atomic E-state index is 13.1. The Morgan fingerprint density at radius 3 is 2.36 bits per heavy atom. The van der Waals surface area contributed by atoms with E-state index in [-0.39, 0.29) is 10.8 Å². The lowest BCUT2D eigenvalue weighted by molar-refractivity contribution is -0.122. The Hall–Kier alpha value is -1.49. The molecule has 0 heterocycles. The molecule has 0 saturated carbocycles. The summed E-state index contributed by atoms with van der Waals surface area (Å²) in [6, 6.07) is 8.54. The third-order valence-electron chi connectivity index (χ3n) is 2.70. The van der Waals surface area contributed by atoms with Crippen LogP contribution >= 0.6 is 34.8 Å². The molecule has 1 N–H and O–H groups in total. The van der Waals surface area contributed by atoms with Crippen LogP contribution in [0, 0.1) is 5.82 Å². The highest BCUT2D eigenvalue weighted by atomic mass is 35.5. The normalized spacial score (nSPS) is 11.9. The molecule has 1 amide bonds. The van der Waals surface area contributed by atoms with Crippen LogP contribution in [0.5, 0.6) is 5.75 Å². The van der Waals surface area contributed by atoms with Crippen molar-refractivity contribution in [3.05, 3.63) is 57.3 Å². The fraction of sp³-hybridized carbons (Fsp3) is 0.133. The number of carbonyl (C=O) groups excluding carboxylic acids is 1. The van der Waals surface area contributed by atoms with Gasteiger partial charge in [0.15, 0.2) is 6.10 Å². The van der Waals surface area contributed by atoms with Gasteiger partial charge in [-0.15, -0.1) is 0 Å². The summed E-state index contributed by atoms with van der Waals surface area (Å²) in [6.07, 6.45) is -0.820. The van der Waals surface area contributed by atoms with Crippen molar-refractivity contribution in [2.75, 3.05) is 5.32 Å². The van der Waals surface area contributed by atoms with Crippen LogP contribution in [0.15, 0.2) is 36.4 Å². The Labute approximate surface area is 141 Å². The molecule has 2 aromatic rings. The molecular formula is C15H11Cl3FNO2. The van der Waals surface area contributed by atoms with Crippen LogP contribution in [0.1, 0.15) is 6.92 Å². The zero-order valence-corrected chi connectivity index (χ0v) is 13.6. The second-order valence-corrected chi connectivity index (χ2v) is 5.76. The van der Waals surface area contributed by atoms with Crippen LogP contribution in [0.2, 0.25) is 15.1 Å². The molecule has 3 nitrogen and oxygen atoms in total. The minimum Gasteiger partial charge on any atom is -0.481 e. The van der Waals surface area contributed by atoms with Gasteiger partial charge in [-0.3, -0.25) is 4.79 Å². The fourth-order valence-electron chi connectivity index (χ4n) is 1.68. The van der Waals surface area contributed by atoms with Gasteiger partial charge >= 0.3 is 0 Å². The quantitative estimate of drug-likeness (QED) is 0.812. The molecule has 0 bridgehead atoms. The summed E-state index contributed by atoms with van der Waals surface area (Å²) < 4.78 is 18.5. The van der Waals surface area contributed by atoms with Gasteiger partial charge in [-0.2, -0.15) is 0 Å². The van der Waals surface area contributed by atoms with Crippen LogP contribution < -0.4 is 10.1 Å². The van der Waals surface area contributed by atoms with E-state index in [9.17, 15) is 9.18 Å². The lowest BCUT2D eigenvalue weighted by Gasteiger charge is -2.15. The molecule has 0 aliphatic carbocycles. The number of amides is 1. The third-order valence-corrected chi connectivity index (χ3v) is 3.43. The van der Waals surface area contributed by atoms with Gasteiger partial charge < -0.3 is 10.1 Å². The Bertz CT molecular complexity index is 689. The van der Waals surface area contributed by atoms with E-state index in [2.05, 4.69) is 5.32 Å². The Morgan fingerprint density at radius 1 is 1.14 bits per heavy atom. The van der Waals surface area contributed by atoms with Crippen molar-refractivity contribution in [1.82, 2.24) is 0 Å². The second kappa shape index (κ2) is 7.18. The predicted molar refractivity (Wildman–Crippen MR) is 86.6 cm³/mol.